The molecule has 0 aromatic carbocycles. The van der Waals surface area contributed by atoms with Gasteiger partial charge in [-0.3, -0.25) is 4.68 Å². The first kappa shape index (κ1) is 18.1. The summed E-state index contributed by atoms with van der Waals surface area (Å²) in [5, 5.41) is 4.07. The molecular weight excluding hydrogens is 288 g/mol. The van der Waals surface area contributed by atoms with E-state index in [2.05, 4.69) is 30.6 Å². The fraction of sp³-hybridized carbons (Fsp3) is 0.786. The molecule has 0 saturated heterocycles. The van der Waals surface area contributed by atoms with Crippen molar-refractivity contribution in [2.24, 2.45) is 11.1 Å². The fourth-order valence-corrected chi connectivity index (χ4v) is 4.01. The Bertz CT molecular complexity index is 556. The van der Waals surface area contributed by atoms with Gasteiger partial charge in [-0.25, -0.2) is 13.1 Å². The van der Waals surface area contributed by atoms with Crippen LogP contribution in [0.1, 0.15) is 47.5 Å². The van der Waals surface area contributed by atoms with Gasteiger partial charge in [0, 0.05) is 18.3 Å². The third-order valence-corrected chi connectivity index (χ3v) is 4.55. The first-order chi connectivity index (χ1) is 9.45. The van der Waals surface area contributed by atoms with Crippen LogP contribution in [-0.2, 0) is 16.6 Å². The van der Waals surface area contributed by atoms with Crippen LogP contribution in [0.3, 0.4) is 0 Å². The van der Waals surface area contributed by atoms with Gasteiger partial charge in [0.15, 0.2) is 0 Å². The molecule has 0 unspecified atom stereocenters. The minimum absolute atomic E-state index is 0.0390. The van der Waals surface area contributed by atoms with Gasteiger partial charge < -0.3 is 5.73 Å². The molecule has 1 heterocycles. The molecule has 0 fully saturated rings. The van der Waals surface area contributed by atoms with Gasteiger partial charge >= 0.3 is 0 Å². The zero-order valence-corrected chi connectivity index (χ0v) is 14.5. The summed E-state index contributed by atoms with van der Waals surface area (Å²) in [6.45, 7) is 11.2. The lowest BCUT2D eigenvalue weighted by Gasteiger charge is -2.32. The van der Waals surface area contributed by atoms with Gasteiger partial charge in [-0.05, 0) is 38.6 Å². The van der Waals surface area contributed by atoms with Crippen LogP contribution in [0.15, 0.2) is 17.3 Å². The Balaban J connectivity index is 2.83. The lowest BCUT2D eigenvalue weighted by molar-refractivity contribution is 0.269. The summed E-state index contributed by atoms with van der Waals surface area (Å²) in [7, 11) is -3.56. The van der Waals surface area contributed by atoms with Gasteiger partial charge in [-0.15, -0.1) is 0 Å². The third kappa shape index (κ3) is 6.15. The zero-order valence-electron chi connectivity index (χ0n) is 13.7. The van der Waals surface area contributed by atoms with Crippen LogP contribution in [0.4, 0.5) is 0 Å². The van der Waals surface area contributed by atoms with Crippen LogP contribution in [0, 0.1) is 5.41 Å². The van der Waals surface area contributed by atoms with Crippen molar-refractivity contribution in [3.8, 4) is 0 Å². The summed E-state index contributed by atoms with van der Waals surface area (Å²) in [5.41, 5.74) is 4.96. The molecule has 0 aliphatic heterocycles. The molecule has 0 aliphatic rings. The summed E-state index contributed by atoms with van der Waals surface area (Å²) < 4.78 is 29.2. The lowest BCUT2D eigenvalue weighted by Crippen LogP contribution is -2.45. The molecular formula is C14H28N4O2S. The molecule has 122 valence electrons. The molecule has 0 radical (unpaired) electrons. The molecule has 6 nitrogen and oxygen atoms in total. The van der Waals surface area contributed by atoms with Crippen LogP contribution >= 0.6 is 0 Å². The van der Waals surface area contributed by atoms with E-state index in [-0.39, 0.29) is 10.3 Å². The predicted octanol–water partition coefficient (Wildman–Crippen LogP) is 1.73. The molecule has 1 aromatic heterocycles. The van der Waals surface area contributed by atoms with Crippen molar-refractivity contribution >= 4 is 10.0 Å². The maximum atomic E-state index is 12.4. The number of nitrogens with one attached hydrogen (secondary N) is 1. The Morgan fingerprint density at radius 2 is 1.90 bits per heavy atom. The summed E-state index contributed by atoms with van der Waals surface area (Å²) in [6, 6.07) is 0. The normalized spacial score (nSPS) is 13.6. The first-order valence-electron chi connectivity index (χ1n) is 7.22. The monoisotopic (exact) mass is 316 g/mol. The van der Waals surface area contributed by atoms with Crippen LogP contribution in [0.25, 0.3) is 0 Å². The van der Waals surface area contributed by atoms with Crippen LogP contribution in [-0.4, -0.2) is 30.3 Å². The maximum Gasteiger partial charge on any atom is 0.244 e. The summed E-state index contributed by atoms with van der Waals surface area (Å²) in [5.74, 6) is 0. The van der Waals surface area contributed by atoms with E-state index >= 15 is 0 Å². The van der Waals surface area contributed by atoms with E-state index in [4.69, 9.17) is 5.73 Å². The quantitative estimate of drug-likeness (QED) is 0.801. The van der Waals surface area contributed by atoms with E-state index < -0.39 is 15.6 Å². The average molecular weight is 316 g/mol. The number of rotatable bonds is 7. The second-order valence-corrected chi connectivity index (χ2v) is 8.99. The molecule has 0 atom stereocenters. The molecule has 0 bridgehead atoms. The lowest BCUT2D eigenvalue weighted by atomic mass is 9.82. The second kappa shape index (κ2) is 6.46. The number of hydrogen-bond donors (Lipinski definition) is 2. The van der Waals surface area contributed by atoms with Crippen LogP contribution in [0.2, 0.25) is 0 Å². The van der Waals surface area contributed by atoms with Crippen molar-refractivity contribution in [1.29, 1.82) is 0 Å². The molecule has 1 aromatic rings. The van der Waals surface area contributed by atoms with Gasteiger partial charge in [0.25, 0.3) is 0 Å². The van der Waals surface area contributed by atoms with Crippen LogP contribution in [0.5, 0.6) is 0 Å². The first-order valence-corrected chi connectivity index (χ1v) is 8.70. The molecule has 0 aliphatic carbocycles. The Morgan fingerprint density at radius 3 is 2.43 bits per heavy atom. The van der Waals surface area contributed by atoms with E-state index in [0.717, 1.165) is 12.8 Å². The van der Waals surface area contributed by atoms with Gasteiger partial charge in [0.1, 0.15) is 4.90 Å². The number of aromatic nitrogens is 2. The molecule has 7 heteroatoms. The highest BCUT2D eigenvalue weighted by Gasteiger charge is 2.31. The maximum absolute atomic E-state index is 12.4. The SMILES string of the molecule is CC(C)(C)CC(C)(C)NS(=O)(=O)c1cnn(CCCN)c1. The Labute approximate surface area is 128 Å². The predicted molar refractivity (Wildman–Crippen MR) is 84.4 cm³/mol. The van der Waals surface area contributed by atoms with Gasteiger partial charge in [0.05, 0.1) is 6.20 Å². The number of hydrogen-bond acceptors (Lipinski definition) is 4. The van der Waals surface area contributed by atoms with E-state index in [1.54, 1.807) is 10.9 Å². The smallest absolute Gasteiger partial charge is 0.244 e. The number of nitrogens with two attached hydrogens (primary N) is 1. The Kier molecular flexibility index (Phi) is 5.57. The topological polar surface area (TPSA) is 90.0 Å². The van der Waals surface area contributed by atoms with E-state index in [1.165, 1.54) is 6.20 Å². The van der Waals surface area contributed by atoms with E-state index in [9.17, 15) is 8.42 Å². The van der Waals surface area contributed by atoms with Gasteiger partial charge in [-0.2, -0.15) is 5.10 Å². The highest BCUT2D eigenvalue weighted by molar-refractivity contribution is 7.89. The molecule has 0 spiro atoms. The molecule has 0 amide bonds. The standard InChI is InChI=1S/C14H28N4O2S/c1-13(2,3)11-14(4,5)17-21(19,20)12-9-16-18(10-12)8-6-7-15/h9-10,17H,6-8,11,15H2,1-5H3. The largest absolute Gasteiger partial charge is 0.330 e. The summed E-state index contributed by atoms with van der Waals surface area (Å²) in [6.07, 6.45) is 4.43. The second-order valence-electron chi connectivity index (χ2n) is 7.31. The molecule has 21 heavy (non-hydrogen) atoms. The van der Waals surface area contributed by atoms with E-state index in [1.807, 2.05) is 13.8 Å². The zero-order chi connectivity index (χ0) is 16.3. The van der Waals surface area contributed by atoms with Crippen molar-refractivity contribution < 1.29 is 8.42 Å². The minimum Gasteiger partial charge on any atom is -0.330 e. The molecule has 0 saturated carbocycles. The highest BCUT2D eigenvalue weighted by Crippen LogP contribution is 2.28. The number of sulfonamides is 1. The third-order valence-electron chi connectivity index (χ3n) is 2.89. The molecule has 1 rings (SSSR count). The van der Waals surface area contributed by atoms with Crippen LogP contribution < -0.4 is 10.5 Å². The fourth-order valence-electron chi connectivity index (χ4n) is 2.64. The van der Waals surface area contributed by atoms with E-state index in [0.29, 0.717) is 13.1 Å². The van der Waals surface area contributed by atoms with Crippen molar-refractivity contribution in [2.45, 2.75) is 64.4 Å². The Hall–Kier alpha value is -0.920. The number of nitrogens with zero attached hydrogens (tertiary/aromatic N) is 2. The highest BCUT2D eigenvalue weighted by atomic mass is 32.2. The molecule has 3 N–H and O–H groups in total. The van der Waals surface area contributed by atoms with Crippen molar-refractivity contribution in [2.75, 3.05) is 6.54 Å². The van der Waals surface area contributed by atoms with Gasteiger partial charge in [-0.1, -0.05) is 20.8 Å². The minimum atomic E-state index is -3.56. The summed E-state index contributed by atoms with van der Waals surface area (Å²) >= 11 is 0. The average Bonchev–Trinajstić information content (AvgIpc) is 2.70. The van der Waals surface area contributed by atoms with Gasteiger partial charge in [0.2, 0.25) is 10.0 Å². The number of aryl methyl sites for hydroxylation is 1. The van der Waals surface area contributed by atoms with Crippen molar-refractivity contribution in [1.82, 2.24) is 14.5 Å². The Morgan fingerprint density at radius 1 is 1.29 bits per heavy atom. The van der Waals surface area contributed by atoms with Crippen molar-refractivity contribution in [3.63, 3.8) is 0 Å². The summed E-state index contributed by atoms with van der Waals surface area (Å²) in [4.78, 5) is 0.196. The van der Waals surface area contributed by atoms with Crippen molar-refractivity contribution in [3.05, 3.63) is 12.4 Å².